The number of carboxylic acid groups (broad SMARTS) is 1. The number of allylic oxidation sites excluding steroid dienone is 5. The van der Waals surface area contributed by atoms with Gasteiger partial charge in [0.15, 0.2) is 5.71 Å². The Labute approximate surface area is 255 Å². The Morgan fingerprint density at radius 1 is 1.00 bits per heavy atom. The van der Waals surface area contributed by atoms with Gasteiger partial charge in [0, 0.05) is 53.9 Å². The van der Waals surface area contributed by atoms with Crippen molar-refractivity contribution in [1.82, 2.24) is 0 Å². The summed E-state index contributed by atoms with van der Waals surface area (Å²) in [6, 6.07) is 12.7. The number of ketones is 1. The van der Waals surface area contributed by atoms with Crippen molar-refractivity contribution in [2.75, 3.05) is 18.0 Å². The molecule has 2 heterocycles. The molecular weight excluding hydrogens is 569 g/mol. The second-order valence-corrected chi connectivity index (χ2v) is 12.7. The van der Waals surface area contributed by atoms with Gasteiger partial charge < -0.3 is 15.1 Å². The molecule has 2 aliphatic heterocycles. The first-order chi connectivity index (χ1) is 20.6. The third kappa shape index (κ3) is 5.26. The number of para-hydroxylation sites is 1. The minimum absolute atomic E-state index is 0.00980. The number of carbonyl (C=O) groups is 2. The number of aromatic carboxylic acids is 1. The maximum atomic E-state index is 13.6. The van der Waals surface area contributed by atoms with Gasteiger partial charge in [-0.15, -0.1) is 0 Å². The molecular formula is C35H38F3N2O4+. The summed E-state index contributed by atoms with van der Waals surface area (Å²) >= 11 is 0. The number of anilines is 1. The zero-order valence-corrected chi connectivity index (χ0v) is 25.7. The highest BCUT2D eigenvalue weighted by atomic mass is 19.4. The fourth-order valence-corrected chi connectivity index (χ4v) is 6.59. The van der Waals surface area contributed by atoms with Crippen LogP contribution in [0.1, 0.15) is 81.8 Å². The lowest BCUT2D eigenvalue weighted by Crippen LogP contribution is -2.32. The number of unbranched alkanes of at least 4 members (excludes halogenated alkanes) is 1. The molecule has 0 saturated carbocycles. The monoisotopic (exact) mass is 607 g/mol. The van der Waals surface area contributed by atoms with Gasteiger partial charge >= 0.3 is 12.1 Å². The number of Topliss-reactive ketones (excluding diaryl/α,β-unsaturated/α-hetero) is 1. The molecule has 6 nitrogen and oxygen atoms in total. The molecule has 0 atom stereocenters. The molecule has 0 bridgehead atoms. The van der Waals surface area contributed by atoms with Gasteiger partial charge in [0.2, 0.25) is 11.5 Å². The smallest absolute Gasteiger partial charge is 0.389 e. The average molecular weight is 608 g/mol. The lowest BCUT2D eigenvalue weighted by atomic mass is 9.77. The summed E-state index contributed by atoms with van der Waals surface area (Å²) in [6.45, 7) is 10.8. The lowest BCUT2D eigenvalue weighted by molar-refractivity contribution is -0.438. The molecule has 9 heteroatoms. The third-order valence-electron chi connectivity index (χ3n) is 9.08. The summed E-state index contributed by atoms with van der Waals surface area (Å²) in [4.78, 5) is 27.0. The first-order valence-electron chi connectivity index (χ1n) is 15.0. The van der Waals surface area contributed by atoms with Crippen LogP contribution in [0.5, 0.6) is 0 Å². The maximum absolute atomic E-state index is 13.6. The van der Waals surface area contributed by atoms with Gasteiger partial charge in [-0.05, 0) is 50.1 Å². The summed E-state index contributed by atoms with van der Waals surface area (Å²) in [5.41, 5.74) is 3.97. The second-order valence-electron chi connectivity index (χ2n) is 12.7. The molecule has 0 radical (unpaired) electrons. The molecule has 2 N–H and O–H groups in total. The van der Waals surface area contributed by atoms with Crippen LogP contribution in [0.2, 0.25) is 0 Å². The maximum Gasteiger partial charge on any atom is 0.389 e. The van der Waals surface area contributed by atoms with Crippen LogP contribution in [-0.2, 0) is 15.6 Å². The quantitative estimate of drug-likeness (QED) is 0.224. The van der Waals surface area contributed by atoms with Crippen molar-refractivity contribution < 1.29 is 37.5 Å². The minimum atomic E-state index is -4.32. The fourth-order valence-electron chi connectivity index (χ4n) is 6.59. The SMILES string of the molecule is CCCC[N+]1=C(/C=C2/C(=O)C(/C=C3/N(CCCC(F)(F)F)c4ccc(C(=O)O)cc4C3(C)C)=C2O)C(C)(C)c2ccccc21. The molecule has 0 spiro atoms. The van der Waals surface area contributed by atoms with Crippen LogP contribution in [0.15, 0.2) is 77.2 Å². The lowest BCUT2D eigenvalue weighted by Gasteiger charge is -2.29. The number of carbonyl (C=O) groups excluding carboxylic acids is 1. The fraction of sp³-hybridized carbons (Fsp3) is 0.400. The number of benzene rings is 2. The average Bonchev–Trinajstić information content (AvgIpc) is 3.30. The van der Waals surface area contributed by atoms with Crippen LogP contribution in [0.25, 0.3) is 0 Å². The van der Waals surface area contributed by atoms with Crippen LogP contribution in [0.3, 0.4) is 0 Å². The predicted molar refractivity (Wildman–Crippen MR) is 164 cm³/mol. The zero-order chi connectivity index (χ0) is 32.2. The second kappa shape index (κ2) is 11.1. The first-order valence-corrected chi connectivity index (χ1v) is 15.0. The number of alkyl halides is 3. The summed E-state index contributed by atoms with van der Waals surface area (Å²) < 4.78 is 41.3. The van der Waals surface area contributed by atoms with E-state index in [4.69, 9.17) is 0 Å². The van der Waals surface area contributed by atoms with Crippen LogP contribution < -0.4 is 4.90 Å². The van der Waals surface area contributed by atoms with Crippen molar-refractivity contribution in [2.45, 2.75) is 77.3 Å². The molecule has 0 unspecified atom stereocenters. The molecule has 0 saturated heterocycles. The van der Waals surface area contributed by atoms with Crippen molar-refractivity contribution >= 4 is 28.8 Å². The number of rotatable bonds is 9. The standard InChI is InChI=1S/C35H37F3N2O4/c1-6-7-16-39-26-12-9-8-11-24(26)33(2,3)28(39)19-22-30(41)23(31(22)42)20-29-34(4,5)25-18-21(32(43)44)13-14-27(25)40(29)17-10-15-35(36,37)38/h8-9,11-14,18-20H,6-7,10,15-17H2,1-5H3,(H-,41,42,43,44)/p+1. The topological polar surface area (TPSA) is 80.9 Å². The minimum Gasteiger partial charge on any atom is -0.506 e. The molecule has 5 rings (SSSR count). The van der Waals surface area contributed by atoms with E-state index < -0.39 is 29.4 Å². The van der Waals surface area contributed by atoms with Crippen molar-refractivity contribution in [3.8, 4) is 0 Å². The molecule has 0 aromatic heterocycles. The first kappa shape index (κ1) is 31.3. The zero-order valence-electron chi connectivity index (χ0n) is 25.7. The van der Waals surface area contributed by atoms with E-state index in [-0.39, 0.29) is 41.2 Å². The number of halogens is 3. The van der Waals surface area contributed by atoms with Gasteiger partial charge in [-0.1, -0.05) is 45.4 Å². The Hall–Kier alpha value is -4.14. The molecule has 0 amide bonds. The van der Waals surface area contributed by atoms with E-state index in [1.807, 2.05) is 26.0 Å². The van der Waals surface area contributed by atoms with E-state index in [9.17, 15) is 33.0 Å². The highest BCUT2D eigenvalue weighted by Crippen LogP contribution is 2.50. The molecule has 232 valence electrons. The summed E-state index contributed by atoms with van der Waals surface area (Å²) in [6.07, 6.45) is -0.228. The van der Waals surface area contributed by atoms with Crippen molar-refractivity contribution in [3.63, 3.8) is 0 Å². The van der Waals surface area contributed by atoms with Crippen LogP contribution in [-0.4, -0.2) is 51.5 Å². The van der Waals surface area contributed by atoms with Gasteiger partial charge in [0.1, 0.15) is 12.3 Å². The highest BCUT2D eigenvalue weighted by molar-refractivity contribution is 6.24. The number of carboxylic acids is 1. The number of hydrogen-bond donors (Lipinski definition) is 2. The molecule has 1 aliphatic carbocycles. The van der Waals surface area contributed by atoms with Crippen molar-refractivity contribution in [2.24, 2.45) is 0 Å². The Bertz CT molecular complexity index is 1670. The predicted octanol–water partition coefficient (Wildman–Crippen LogP) is 7.91. The molecule has 44 heavy (non-hydrogen) atoms. The number of hydrogen-bond acceptors (Lipinski definition) is 4. The van der Waals surface area contributed by atoms with Crippen LogP contribution in [0, 0.1) is 0 Å². The van der Waals surface area contributed by atoms with E-state index in [0.29, 0.717) is 16.9 Å². The van der Waals surface area contributed by atoms with Crippen LogP contribution in [0.4, 0.5) is 24.5 Å². The number of nitrogens with zero attached hydrogens (tertiary/aromatic N) is 2. The number of fused-ring (bicyclic) bond motifs is 2. The Kier molecular flexibility index (Phi) is 7.89. The normalized spacial score (nSPS) is 20.5. The third-order valence-corrected chi connectivity index (χ3v) is 9.08. The van der Waals surface area contributed by atoms with E-state index in [2.05, 4.69) is 37.5 Å². The van der Waals surface area contributed by atoms with E-state index in [1.165, 1.54) is 12.1 Å². The van der Waals surface area contributed by atoms with Gasteiger partial charge in [0.05, 0.1) is 22.1 Å². The van der Waals surface area contributed by atoms with Gasteiger partial charge in [-0.25, -0.2) is 4.79 Å². The highest BCUT2D eigenvalue weighted by Gasteiger charge is 2.47. The van der Waals surface area contributed by atoms with Crippen molar-refractivity contribution in [1.29, 1.82) is 0 Å². The molecule has 3 aliphatic rings. The van der Waals surface area contributed by atoms with Crippen LogP contribution >= 0.6 is 0 Å². The number of aliphatic hydroxyl groups excluding tert-OH is 1. The summed E-state index contributed by atoms with van der Waals surface area (Å²) in [5.74, 6) is -1.63. The molecule has 2 aromatic rings. The van der Waals surface area contributed by atoms with E-state index in [1.54, 1.807) is 23.1 Å². The molecule has 2 aromatic carbocycles. The number of aliphatic hydroxyl groups is 1. The molecule has 0 fully saturated rings. The largest absolute Gasteiger partial charge is 0.506 e. The Balaban J connectivity index is 1.57. The summed E-state index contributed by atoms with van der Waals surface area (Å²) in [7, 11) is 0. The van der Waals surface area contributed by atoms with Crippen molar-refractivity contribution in [3.05, 3.63) is 93.9 Å². The van der Waals surface area contributed by atoms with Gasteiger partial charge in [0.25, 0.3) is 0 Å². The Morgan fingerprint density at radius 3 is 2.34 bits per heavy atom. The van der Waals surface area contributed by atoms with Gasteiger partial charge in [-0.3, -0.25) is 4.79 Å². The van der Waals surface area contributed by atoms with E-state index in [0.717, 1.165) is 36.3 Å². The van der Waals surface area contributed by atoms with E-state index >= 15 is 0 Å². The summed E-state index contributed by atoms with van der Waals surface area (Å²) in [5, 5.41) is 20.8. The Morgan fingerprint density at radius 2 is 1.70 bits per heavy atom. The van der Waals surface area contributed by atoms with Gasteiger partial charge in [-0.2, -0.15) is 17.7 Å².